The summed E-state index contributed by atoms with van der Waals surface area (Å²) < 4.78 is 9.80. The molecular weight excluding hydrogens is 498 g/mol. The van der Waals surface area contributed by atoms with Crippen LogP contribution in [-0.4, -0.2) is 82.7 Å². The molecule has 5 N–H and O–H groups in total. The molecule has 208 valence electrons. The second kappa shape index (κ2) is 16.6. The minimum Gasteiger partial charge on any atom is -0.480 e. The van der Waals surface area contributed by atoms with Gasteiger partial charge in [0.05, 0.1) is 12.2 Å². The van der Waals surface area contributed by atoms with Gasteiger partial charge in [0, 0.05) is 20.6 Å². The maximum atomic E-state index is 11.8. The lowest BCUT2D eigenvalue weighted by Gasteiger charge is -2.22. The molecule has 12 nitrogen and oxygen atoms in total. The third kappa shape index (κ3) is 12.2. The number of rotatable bonds is 10. The maximum absolute atomic E-state index is 11.8. The van der Waals surface area contributed by atoms with Gasteiger partial charge < -0.3 is 40.3 Å². The third-order valence-electron chi connectivity index (χ3n) is 4.87. The Bertz CT molecular complexity index is 1020. The van der Waals surface area contributed by atoms with Crippen LogP contribution in [0.1, 0.15) is 25.0 Å². The average Bonchev–Trinajstić information content (AvgIpc) is 2.88. The number of amides is 3. The van der Waals surface area contributed by atoms with E-state index in [0.29, 0.717) is 6.54 Å². The summed E-state index contributed by atoms with van der Waals surface area (Å²) in [6.07, 6.45) is -5.11. The number of carboxylic acid groups (broad SMARTS) is 1. The van der Waals surface area contributed by atoms with E-state index in [1.165, 1.54) is 32.8 Å². The van der Waals surface area contributed by atoms with Crippen LogP contribution in [0.25, 0.3) is 0 Å². The van der Waals surface area contributed by atoms with Gasteiger partial charge in [-0.2, -0.15) is 0 Å². The van der Waals surface area contributed by atoms with Crippen LogP contribution in [0.2, 0.25) is 0 Å². The molecule has 0 aliphatic heterocycles. The van der Waals surface area contributed by atoms with E-state index in [2.05, 4.69) is 10.6 Å². The van der Waals surface area contributed by atoms with Crippen molar-refractivity contribution in [1.82, 2.24) is 15.5 Å². The van der Waals surface area contributed by atoms with Crippen molar-refractivity contribution < 1.29 is 44.0 Å². The van der Waals surface area contributed by atoms with Crippen LogP contribution in [-0.2, 0) is 32.2 Å². The Kier molecular flexibility index (Phi) is 13.9. The molecule has 12 heteroatoms. The molecular formula is C26H35N3O9. The lowest BCUT2D eigenvalue weighted by molar-refractivity contribution is -0.143. The number of aliphatic carboxylic acids is 1. The molecule has 2 aromatic carbocycles. The number of benzene rings is 2. The summed E-state index contributed by atoms with van der Waals surface area (Å²) in [4.78, 5) is 46.7. The summed E-state index contributed by atoms with van der Waals surface area (Å²) in [7, 11) is 3.06. The summed E-state index contributed by atoms with van der Waals surface area (Å²) in [6, 6.07) is 16.9. The Morgan fingerprint density at radius 2 is 1.37 bits per heavy atom. The first kappa shape index (κ1) is 31.9. The molecule has 38 heavy (non-hydrogen) atoms. The highest BCUT2D eigenvalue weighted by Gasteiger charge is 2.29. The van der Waals surface area contributed by atoms with Gasteiger partial charge in [0.1, 0.15) is 6.61 Å². The quantitative estimate of drug-likeness (QED) is 0.303. The standard InChI is InChI=1S/C14H20N2O4.C12H15NO5/c1-10(17)12(13(18)16(2)3)20-14(19)15-9-11-7-5-4-6-8-11;1-8(14)10(11(15)16)13-12(17)18-7-9-5-3-2-4-6-9/h4-8,10,12,17H,9H2,1-3H3,(H,15,19);2-6,8,10,14H,7H2,1H3,(H,13,17)(H,15,16)/t10-,12-;8-,10-/m11/s1. The molecule has 0 aliphatic rings. The number of alkyl carbamates (subject to hydrolysis) is 2. The van der Waals surface area contributed by atoms with Gasteiger partial charge in [-0.3, -0.25) is 4.79 Å². The topological polar surface area (TPSA) is 175 Å². The zero-order valence-electron chi connectivity index (χ0n) is 21.7. The highest BCUT2D eigenvalue weighted by molar-refractivity contribution is 5.83. The van der Waals surface area contributed by atoms with Gasteiger partial charge in [-0.15, -0.1) is 0 Å². The Balaban J connectivity index is 0.000000382. The van der Waals surface area contributed by atoms with Crippen molar-refractivity contribution in [3.8, 4) is 0 Å². The number of ether oxygens (including phenoxy) is 2. The fourth-order valence-electron chi connectivity index (χ4n) is 2.82. The van der Waals surface area contributed by atoms with Gasteiger partial charge >= 0.3 is 18.2 Å². The van der Waals surface area contributed by atoms with E-state index in [9.17, 15) is 24.3 Å². The molecule has 0 aromatic heterocycles. The number of nitrogens with one attached hydrogen (secondary N) is 2. The van der Waals surface area contributed by atoms with Crippen LogP contribution in [0.5, 0.6) is 0 Å². The number of aliphatic hydroxyl groups excluding tert-OH is 2. The monoisotopic (exact) mass is 533 g/mol. The summed E-state index contributed by atoms with van der Waals surface area (Å²) >= 11 is 0. The second-order valence-corrected chi connectivity index (χ2v) is 8.40. The first-order chi connectivity index (χ1) is 17.9. The van der Waals surface area contributed by atoms with Gasteiger partial charge in [-0.1, -0.05) is 60.7 Å². The normalized spacial score (nSPS) is 13.3. The van der Waals surface area contributed by atoms with Crippen molar-refractivity contribution in [1.29, 1.82) is 0 Å². The van der Waals surface area contributed by atoms with E-state index in [0.717, 1.165) is 11.1 Å². The van der Waals surface area contributed by atoms with E-state index in [1.54, 1.807) is 24.3 Å². The zero-order chi connectivity index (χ0) is 28.7. The van der Waals surface area contributed by atoms with Crippen LogP contribution in [0.3, 0.4) is 0 Å². The van der Waals surface area contributed by atoms with Crippen molar-refractivity contribution in [2.24, 2.45) is 0 Å². The molecule has 3 amide bonds. The fourth-order valence-corrected chi connectivity index (χ4v) is 2.82. The smallest absolute Gasteiger partial charge is 0.408 e. The summed E-state index contributed by atoms with van der Waals surface area (Å²) in [5.41, 5.74) is 1.70. The molecule has 0 saturated carbocycles. The minimum atomic E-state index is -1.38. The molecule has 0 unspecified atom stereocenters. The molecule has 2 rings (SSSR count). The molecule has 0 spiro atoms. The predicted molar refractivity (Wildman–Crippen MR) is 137 cm³/mol. The number of likely N-dealkylation sites (N-methyl/N-ethyl adjacent to an activating group) is 1. The summed E-state index contributed by atoms with van der Waals surface area (Å²) in [5.74, 6) is -1.78. The molecule has 2 aromatic rings. The van der Waals surface area contributed by atoms with Crippen molar-refractivity contribution in [3.05, 3.63) is 71.8 Å². The van der Waals surface area contributed by atoms with Crippen molar-refractivity contribution in [2.45, 2.75) is 51.4 Å². The lowest BCUT2D eigenvalue weighted by atomic mass is 10.2. The minimum absolute atomic E-state index is 0.0405. The maximum Gasteiger partial charge on any atom is 0.408 e. The average molecular weight is 534 g/mol. The second-order valence-electron chi connectivity index (χ2n) is 8.40. The van der Waals surface area contributed by atoms with Crippen molar-refractivity contribution >= 4 is 24.1 Å². The molecule has 0 bridgehead atoms. The van der Waals surface area contributed by atoms with E-state index in [1.807, 2.05) is 36.4 Å². The van der Waals surface area contributed by atoms with Gasteiger partial charge in [0.15, 0.2) is 6.04 Å². The van der Waals surface area contributed by atoms with E-state index < -0.39 is 48.4 Å². The van der Waals surface area contributed by atoms with Crippen molar-refractivity contribution in [2.75, 3.05) is 14.1 Å². The number of nitrogens with zero attached hydrogens (tertiary/aromatic N) is 1. The van der Waals surface area contributed by atoms with Gasteiger partial charge in [-0.05, 0) is 25.0 Å². The Morgan fingerprint density at radius 3 is 1.82 bits per heavy atom. The number of carbonyl (C=O) groups is 4. The van der Waals surface area contributed by atoms with E-state index >= 15 is 0 Å². The molecule has 4 atom stereocenters. The SMILES string of the molecule is C[C@@H](O)[C@@H](NC(=O)OCc1ccccc1)C(=O)O.C[C@@H](O)[C@@H](OC(=O)NCc1ccccc1)C(=O)N(C)C. The molecule has 0 radical (unpaired) electrons. The molecule has 0 aliphatic carbocycles. The molecule has 0 fully saturated rings. The number of aliphatic hydroxyl groups is 2. The Labute approximate surface area is 221 Å². The Morgan fingerprint density at radius 1 is 0.842 bits per heavy atom. The largest absolute Gasteiger partial charge is 0.480 e. The van der Waals surface area contributed by atoms with Crippen LogP contribution in [0.15, 0.2) is 60.7 Å². The lowest BCUT2D eigenvalue weighted by Crippen LogP contribution is -2.47. The first-order valence-electron chi connectivity index (χ1n) is 11.7. The Hall–Kier alpha value is -4.16. The first-order valence-corrected chi connectivity index (χ1v) is 11.7. The van der Waals surface area contributed by atoms with Gasteiger partial charge in [0.25, 0.3) is 5.91 Å². The third-order valence-corrected chi connectivity index (χ3v) is 4.87. The van der Waals surface area contributed by atoms with Gasteiger partial charge in [-0.25, -0.2) is 14.4 Å². The fraction of sp³-hybridized carbons (Fsp3) is 0.385. The number of carboxylic acids is 1. The van der Waals surface area contributed by atoms with Crippen LogP contribution in [0, 0.1) is 0 Å². The highest BCUT2D eigenvalue weighted by atomic mass is 16.6. The number of carbonyl (C=O) groups excluding carboxylic acids is 3. The van der Waals surface area contributed by atoms with Crippen LogP contribution in [0.4, 0.5) is 9.59 Å². The van der Waals surface area contributed by atoms with E-state index in [-0.39, 0.29) is 6.61 Å². The van der Waals surface area contributed by atoms with Crippen LogP contribution < -0.4 is 10.6 Å². The summed E-state index contributed by atoms with van der Waals surface area (Å²) in [5, 5.41) is 32.0. The van der Waals surface area contributed by atoms with Crippen LogP contribution >= 0.6 is 0 Å². The zero-order valence-corrected chi connectivity index (χ0v) is 21.7. The molecule has 0 saturated heterocycles. The summed E-state index contributed by atoms with van der Waals surface area (Å²) in [6.45, 7) is 3.01. The van der Waals surface area contributed by atoms with E-state index in [4.69, 9.17) is 19.7 Å². The van der Waals surface area contributed by atoms with Gasteiger partial charge in [0.2, 0.25) is 6.10 Å². The highest BCUT2D eigenvalue weighted by Crippen LogP contribution is 2.05. The van der Waals surface area contributed by atoms with Crippen molar-refractivity contribution in [3.63, 3.8) is 0 Å². The number of hydrogen-bond donors (Lipinski definition) is 5. The number of hydrogen-bond acceptors (Lipinski definition) is 8. The predicted octanol–water partition coefficient (Wildman–Crippen LogP) is 1.50. The molecule has 0 heterocycles.